The first kappa shape index (κ1) is 11.3. The first-order chi connectivity index (χ1) is 8.75. The molecule has 0 N–H and O–H groups in total. The SMILES string of the molecule is C#Cc1cncc(C2(C#N)C[C@@H]3CC[C@@H](C3)C2)c1. The summed E-state index contributed by atoms with van der Waals surface area (Å²) in [6.45, 7) is 0. The summed E-state index contributed by atoms with van der Waals surface area (Å²) >= 11 is 0. The van der Waals surface area contributed by atoms with Gasteiger partial charge in [-0.1, -0.05) is 18.8 Å². The Bertz CT molecular complexity index is 535. The van der Waals surface area contributed by atoms with Crippen LogP contribution in [0.4, 0.5) is 0 Å². The average molecular weight is 236 g/mol. The van der Waals surface area contributed by atoms with Crippen molar-refractivity contribution in [3.8, 4) is 18.4 Å². The van der Waals surface area contributed by atoms with Crippen LogP contribution in [-0.2, 0) is 5.41 Å². The van der Waals surface area contributed by atoms with Gasteiger partial charge in [0.05, 0.1) is 11.5 Å². The molecule has 0 radical (unpaired) electrons. The second-order valence-electron chi connectivity index (χ2n) is 5.75. The maximum absolute atomic E-state index is 9.69. The molecule has 0 aliphatic heterocycles. The van der Waals surface area contributed by atoms with E-state index in [1.54, 1.807) is 6.20 Å². The van der Waals surface area contributed by atoms with Crippen LogP contribution in [-0.4, -0.2) is 4.98 Å². The van der Waals surface area contributed by atoms with Gasteiger partial charge >= 0.3 is 0 Å². The molecule has 2 fully saturated rings. The average Bonchev–Trinajstić information content (AvgIpc) is 2.78. The maximum Gasteiger partial charge on any atom is 0.0842 e. The van der Waals surface area contributed by atoms with Gasteiger partial charge in [-0.25, -0.2) is 0 Å². The van der Waals surface area contributed by atoms with Crippen molar-refractivity contribution in [3.05, 3.63) is 29.6 Å². The number of terminal acetylenes is 1. The van der Waals surface area contributed by atoms with Gasteiger partial charge in [-0.05, 0) is 42.7 Å². The Kier molecular flexibility index (Phi) is 2.60. The van der Waals surface area contributed by atoms with Crippen LogP contribution in [0.1, 0.15) is 43.2 Å². The van der Waals surface area contributed by atoms with Crippen molar-refractivity contribution in [2.45, 2.75) is 37.5 Å². The van der Waals surface area contributed by atoms with E-state index in [4.69, 9.17) is 6.42 Å². The monoisotopic (exact) mass is 236 g/mol. The van der Waals surface area contributed by atoms with Crippen molar-refractivity contribution in [2.75, 3.05) is 0 Å². The Morgan fingerprint density at radius 1 is 1.28 bits per heavy atom. The molecule has 1 heterocycles. The molecule has 0 saturated heterocycles. The standard InChI is InChI=1S/C16H16N2/c1-2-12-6-15(10-18-9-12)16(11-17)7-13-3-4-14(5-13)8-16/h1,6,9-10,13-14H,3-5,7-8H2/t13-,14+,16?. The molecule has 0 aromatic carbocycles. The summed E-state index contributed by atoms with van der Waals surface area (Å²) in [6.07, 6.45) is 14.8. The van der Waals surface area contributed by atoms with Crippen molar-refractivity contribution < 1.29 is 0 Å². The smallest absolute Gasteiger partial charge is 0.0842 e. The molecule has 2 heteroatoms. The second-order valence-corrected chi connectivity index (χ2v) is 5.75. The molecule has 90 valence electrons. The lowest BCUT2D eigenvalue weighted by molar-refractivity contribution is 0.264. The maximum atomic E-state index is 9.69. The molecule has 1 unspecified atom stereocenters. The number of nitrogens with zero attached hydrogens (tertiary/aromatic N) is 2. The van der Waals surface area contributed by atoms with Crippen molar-refractivity contribution >= 4 is 0 Å². The number of hydrogen-bond acceptors (Lipinski definition) is 2. The van der Waals surface area contributed by atoms with E-state index in [9.17, 15) is 5.26 Å². The third-order valence-corrected chi connectivity index (χ3v) is 4.60. The number of aromatic nitrogens is 1. The molecule has 2 saturated carbocycles. The molecule has 0 spiro atoms. The zero-order chi connectivity index (χ0) is 12.6. The van der Waals surface area contributed by atoms with Gasteiger partial charge in [0.15, 0.2) is 0 Å². The molecule has 2 nitrogen and oxygen atoms in total. The fourth-order valence-electron chi connectivity index (χ4n) is 3.79. The van der Waals surface area contributed by atoms with Crippen molar-refractivity contribution in [3.63, 3.8) is 0 Å². The molecule has 1 aromatic heterocycles. The minimum atomic E-state index is -0.343. The fraction of sp³-hybridized carbons (Fsp3) is 0.500. The topological polar surface area (TPSA) is 36.7 Å². The highest BCUT2D eigenvalue weighted by molar-refractivity contribution is 5.39. The minimum absolute atomic E-state index is 0.343. The van der Waals surface area contributed by atoms with Gasteiger partial charge in [0.2, 0.25) is 0 Å². The number of rotatable bonds is 1. The van der Waals surface area contributed by atoms with Gasteiger partial charge in [0.25, 0.3) is 0 Å². The zero-order valence-electron chi connectivity index (χ0n) is 10.4. The largest absolute Gasteiger partial charge is 0.263 e. The summed E-state index contributed by atoms with van der Waals surface area (Å²) < 4.78 is 0. The summed E-state index contributed by atoms with van der Waals surface area (Å²) in [5.41, 5.74) is 1.46. The lowest BCUT2D eigenvalue weighted by Gasteiger charge is -2.35. The molecule has 2 bridgehead atoms. The Morgan fingerprint density at radius 3 is 2.61 bits per heavy atom. The molecular formula is C16H16N2. The van der Waals surface area contributed by atoms with Crippen LogP contribution in [0, 0.1) is 35.5 Å². The van der Waals surface area contributed by atoms with Crippen molar-refractivity contribution in [2.24, 2.45) is 11.8 Å². The Morgan fingerprint density at radius 2 is 2.00 bits per heavy atom. The predicted octanol–water partition coefficient (Wildman–Crippen LogP) is 3.03. The molecule has 0 amide bonds. The van der Waals surface area contributed by atoms with Gasteiger partial charge in [-0.2, -0.15) is 5.26 Å². The molecule has 1 aromatic rings. The van der Waals surface area contributed by atoms with Crippen LogP contribution in [0.5, 0.6) is 0 Å². The molecule has 2 aliphatic rings. The van der Waals surface area contributed by atoms with Crippen LogP contribution >= 0.6 is 0 Å². The van der Waals surface area contributed by atoms with Crippen LogP contribution in [0.15, 0.2) is 18.5 Å². The summed E-state index contributed by atoms with van der Waals surface area (Å²) in [5.74, 6) is 4.05. The highest BCUT2D eigenvalue weighted by atomic mass is 14.6. The molecule has 18 heavy (non-hydrogen) atoms. The number of hydrogen-bond donors (Lipinski definition) is 0. The second kappa shape index (κ2) is 4.14. The van der Waals surface area contributed by atoms with Gasteiger partial charge in [0, 0.05) is 18.0 Å². The van der Waals surface area contributed by atoms with Gasteiger partial charge in [0.1, 0.15) is 0 Å². The van der Waals surface area contributed by atoms with E-state index in [1.165, 1.54) is 19.3 Å². The predicted molar refractivity (Wildman–Crippen MR) is 69.5 cm³/mol. The van der Waals surface area contributed by atoms with Crippen LogP contribution < -0.4 is 0 Å². The van der Waals surface area contributed by atoms with E-state index in [-0.39, 0.29) is 5.41 Å². The fourth-order valence-corrected chi connectivity index (χ4v) is 3.79. The van der Waals surface area contributed by atoms with Crippen LogP contribution in [0.3, 0.4) is 0 Å². The third kappa shape index (κ3) is 1.70. The van der Waals surface area contributed by atoms with E-state index in [2.05, 4.69) is 17.0 Å². The van der Waals surface area contributed by atoms with E-state index in [1.807, 2.05) is 12.3 Å². The van der Waals surface area contributed by atoms with E-state index in [0.717, 1.165) is 35.8 Å². The van der Waals surface area contributed by atoms with Gasteiger partial charge in [-0.15, -0.1) is 6.42 Å². The van der Waals surface area contributed by atoms with Gasteiger partial charge < -0.3 is 0 Å². The van der Waals surface area contributed by atoms with E-state index in [0.29, 0.717) is 0 Å². The van der Waals surface area contributed by atoms with E-state index < -0.39 is 0 Å². The molecular weight excluding hydrogens is 220 g/mol. The summed E-state index contributed by atoms with van der Waals surface area (Å²) in [4.78, 5) is 4.20. The minimum Gasteiger partial charge on any atom is -0.263 e. The normalized spacial score (nSPS) is 33.7. The molecule has 3 atom stereocenters. The zero-order valence-corrected chi connectivity index (χ0v) is 10.4. The van der Waals surface area contributed by atoms with Crippen molar-refractivity contribution in [1.29, 1.82) is 5.26 Å². The number of pyridine rings is 1. The highest BCUT2D eigenvalue weighted by Crippen LogP contribution is 2.51. The first-order valence-electron chi connectivity index (χ1n) is 6.59. The molecule has 2 aliphatic carbocycles. The summed E-state index contributed by atoms with van der Waals surface area (Å²) in [5, 5.41) is 9.69. The summed E-state index contributed by atoms with van der Waals surface area (Å²) in [7, 11) is 0. The first-order valence-corrected chi connectivity index (χ1v) is 6.59. The third-order valence-electron chi connectivity index (χ3n) is 4.60. The number of nitriles is 1. The Hall–Kier alpha value is -1.80. The van der Waals surface area contributed by atoms with Crippen LogP contribution in [0.25, 0.3) is 0 Å². The van der Waals surface area contributed by atoms with Crippen LogP contribution in [0.2, 0.25) is 0 Å². The molecule has 3 rings (SSSR count). The Labute approximate surface area is 108 Å². The highest BCUT2D eigenvalue weighted by Gasteiger charge is 2.45. The van der Waals surface area contributed by atoms with Crippen molar-refractivity contribution in [1.82, 2.24) is 4.98 Å². The lowest BCUT2D eigenvalue weighted by atomic mass is 9.66. The Balaban J connectivity index is 2.02. The quantitative estimate of drug-likeness (QED) is 0.703. The summed E-state index contributed by atoms with van der Waals surface area (Å²) in [6, 6.07) is 4.55. The lowest BCUT2D eigenvalue weighted by Crippen LogP contribution is -2.32. The number of fused-ring (bicyclic) bond motifs is 2. The van der Waals surface area contributed by atoms with E-state index >= 15 is 0 Å². The van der Waals surface area contributed by atoms with Gasteiger partial charge in [-0.3, -0.25) is 4.98 Å².